The molecule has 0 amide bonds. The summed E-state index contributed by atoms with van der Waals surface area (Å²) in [6.07, 6.45) is 5.53. The van der Waals surface area contributed by atoms with Gasteiger partial charge in [0.25, 0.3) is 0 Å². The lowest BCUT2D eigenvalue weighted by Crippen LogP contribution is -2.47. The summed E-state index contributed by atoms with van der Waals surface area (Å²) in [5.41, 5.74) is 7.27. The second kappa shape index (κ2) is 19.1. The van der Waals surface area contributed by atoms with Crippen LogP contribution >= 0.6 is 0 Å². The van der Waals surface area contributed by atoms with Crippen molar-refractivity contribution in [2.24, 2.45) is 0 Å². The van der Waals surface area contributed by atoms with Gasteiger partial charge in [0.2, 0.25) is 0 Å². The lowest BCUT2D eigenvalue weighted by Gasteiger charge is -2.36. The van der Waals surface area contributed by atoms with Crippen LogP contribution in [-0.4, -0.2) is 112 Å². The fourth-order valence-electron chi connectivity index (χ4n) is 6.80. The van der Waals surface area contributed by atoms with Gasteiger partial charge in [-0.05, 0) is 69.4 Å². The van der Waals surface area contributed by atoms with Gasteiger partial charge in [-0.1, -0.05) is 40.1 Å². The Bertz CT molecular complexity index is 1520. The van der Waals surface area contributed by atoms with Gasteiger partial charge in [-0.3, -0.25) is 9.80 Å². The third-order valence-corrected chi connectivity index (χ3v) is 9.93. The highest BCUT2D eigenvalue weighted by molar-refractivity contribution is 5.49. The van der Waals surface area contributed by atoms with Crippen molar-refractivity contribution in [1.82, 2.24) is 20.1 Å². The summed E-state index contributed by atoms with van der Waals surface area (Å²) in [6.45, 7) is 17.8. The second-order valence-corrected chi connectivity index (χ2v) is 13.8. The second-order valence-electron chi connectivity index (χ2n) is 13.8. The lowest BCUT2D eigenvalue weighted by atomic mass is 10.1. The van der Waals surface area contributed by atoms with Crippen LogP contribution in [0, 0.1) is 13.8 Å². The molecule has 0 N–H and O–H groups in total. The van der Waals surface area contributed by atoms with Crippen molar-refractivity contribution >= 4 is 11.4 Å². The van der Waals surface area contributed by atoms with E-state index >= 15 is 0 Å². The summed E-state index contributed by atoms with van der Waals surface area (Å²) in [6, 6.07) is 22.0. The molecule has 270 valence electrons. The minimum atomic E-state index is 0.695. The summed E-state index contributed by atoms with van der Waals surface area (Å²) in [5.74, 6) is 1.81. The normalized spacial score (nSPS) is 16.0. The number of benzene rings is 2. The standard InChI is InChI=1S/C40H56N6O4/c1-33-6-11-38(12-7-33)45-24-20-44(21-25-45)26-30-48-27-3-5-36-32-40(50-42-36)15-10-35-8-13-39(14-9-35)46-22-18-43(19-23-46)17-4-28-47-29-16-37-31-34(2)49-41-37/h6-9,11-14,31-32H,3-5,10,15-30H2,1-2H3. The van der Waals surface area contributed by atoms with E-state index in [4.69, 9.17) is 18.5 Å². The molecule has 2 aliphatic rings. The first kappa shape index (κ1) is 36.1. The molecule has 4 aromatic rings. The van der Waals surface area contributed by atoms with Crippen LogP contribution in [0.5, 0.6) is 0 Å². The third kappa shape index (κ3) is 11.4. The Labute approximate surface area is 298 Å². The first-order chi connectivity index (χ1) is 24.6. The molecule has 2 fully saturated rings. The molecular weight excluding hydrogens is 628 g/mol. The molecule has 0 atom stereocenters. The summed E-state index contributed by atoms with van der Waals surface area (Å²) in [7, 11) is 0. The van der Waals surface area contributed by atoms with Crippen LogP contribution in [0.1, 0.15) is 46.9 Å². The maximum Gasteiger partial charge on any atom is 0.137 e. The Balaban J connectivity index is 0.780. The number of nitrogens with zero attached hydrogens (tertiary/aromatic N) is 6. The first-order valence-electron chi connectivity index (χ1n) is 18.7. The zero-order chi connectivity index (χ0) is 34.4. The van der Waals surface area contributed by atoms with E-state index in [1.54, 1.807) is 0 Å². The Morgan fingerprint density at radius 3 is 1.84 bits per heavy atom. The van der Waals surface area contributed by atoms with Gasteiger partial charge < -0.3 is 28.3 Å². The molecule has 10 nitrogen and oxygen atoms in total. The molecule has 2 aromatic carbocycles. The minimum absolute atomic E-state index is 0.695. The molecule has 2 aliphatic heterocycles. The molecule has 0 spiro atoms. The average Bonchev–Trinajstić information content (AvgIpc) is 3.79. The molecule has 6 rings (SSSR count). The zero-order valence-corrected chi connectivity index (χ0v) is 30.2. The van der Waals surface area contributed by atoms with Crippen LogP contribution in [0.15, 0.2) is 69.7 Å². The van der Waals surface area contributed by atoms with Gasteiger partial charge in [-0.2, -0.15) is 0 Å². The molecular formula is C40H56N6O4. The number of hydrogen-bond acceptors (Lipinski definition) is 10. The van der Waals surface area contributed by atoms with Crippen molar-refractivity contribution in [1.29, 1.82) is 0 Å². The van der Waals surface area contributed by atoms with Gasteiger partial charge >= 0.3 is 0 Å². The van der Waals surface area contributed by atoms with Crippen LogP contribution in [-0.2, 0) is 35.2 Å². The summed E-state index contributed by atoms with van der Waals surface area (Å²) < 4.78 is 22.5. The van der Waals surface area contributed by atoms with Crippen LogP contribution < -0.4 is 9.80 Å². The molecule has 50 heavy (non-hydrogen) atoms. The molecule has 4 heterocycles. The van der Waals surface area contributed by atoms with Crippen LogP contribution in [0.25, 0.3) is 0 Å². The van der Waals surface area contributed by atoms with Gasteiger partial charge in [-0.15, -0.1) is 0 Å². The molecule has 0 aliphatic carbocycles. The predicted molar refractivity (Wildman–Crippen MR) is 198 cm³/mol. The highest BCUT2D eigenvalue weighted by atomic mass is 16.5. The van der Waals surface area contributed by atoms with Crippen molar-refractivity contribution < 1.29 is 18.5 Å². The van der Waals surface area contributed by atoms with E-state index in [9.17, 15) is 0 Å². The molecule has 2 aromatic heterocycles. The fraction of sp³-hybridized carbons (Fsp3) is 0.550. The molecule has 0 radical (unpaired) electrons. The van der Waals surface area contributed by atoms with Crippen LogP contribution in [0.2, 0.25) is 0 Å². The molecule has 0 bridgehead atoms. The largest absolute Gasteiger partial charge is 0.381 e. The number of aryl methyl sites for hydroxylation is 5. The van der Waals surface area contributed by atoms with Crippen molar-refractivity contribution in [3.8, 4) is 0 Å². The summed E-state index contributed by atoms with van der Waals surface area (Å²) in [4.78, 5) is 10.0. The van der Waals surface area contributed by atoms with E-state index in [0.29, 0.717) is 6.61 Å². The fourth-order valence-corrected chi connectivity index (χ4v) is 6.80. The van der Waals surface area contributed by atoms with E-state index in [-0.39, 0.29) is 0 Å². The van der Waals surface area contributed by atoms with Crippen molar-refractivity contribution in [2.45, 2.75) is 52.4 Å². The summed E-state index contributed by atoms with van der Waals surface area (Å²) >= 11 is 0. The van der Waals surface area contributed by atoms with Gasteiger partial charge in [0.1, 0.15) is 11.5 Å². The maximum absolute atomic E-state index is 5.97. The Morgan fingerprint density at radius 2 is 1.16 bits per heavy atom. The summed E-state index contributed by atoms with van der Waals surface area (Å²) in [5, 5.41) is 8.33. The third-order valence-electron chi connectivity index (χ3n) is 9.93. The van der Waals surface area contributed by atoms with Crippen molar-refractivity contribution in [2.75, 3.05) is 102 Å². The van der Waals surface area contributed by atoms with Gasteiger partial charge in [-0.25, -0.2) is 0 Å². The topological polar surface area (TPSA) is 83.5 Å². The van der Waals surface area contributed by atoms with Crippen LogP contribution in [0.3, 0.4) is 0 Å². The monoisotopic (exact) mass is 684 g/mol. The highest BCUT2D eigenvalue weighted by Gasteiger charge is 2.18. The average molecular weight is 685 g/mol. The Hall–Kier alpha value is -3.70. The molecule has 0 saturated carbocycles. The number of hydrogen-bond donors (Lipinski definition) is 0. The van der Waals surface area contributed by atoms with E-state index < -0.39 is 0 Å². The van der Waals surface area contributed by atoms with Gasteiger partial charge in [0.05, 0.1) is 24.6 Å². The zero-order valence-electron chi connectivity index (χ0n) is 30.2. The minimum Gasteiger partial charge on any atom is -0.381 e. The first-order valence-corrected chi connectivity index (χ1v) is 18.7. The van der Waals surface area contributed by atoms with E-state index in [0.717, 1.165) is 147 Å². The lowest BCUT2D eigenvalue weighted by molar-refractivity contribution is 0.0997. The number of aromatic nitrogens is 2. The molecule has 10 heteroatoms. The smallest absolute Gasteiger partial charge is 0.137 e. The number of piperazine rings is 2. The molecule has 0 unspecified atom stereocenters. The van der Waals surface area contributed by atoms with Crippen LogP contribution in [0.4, 0.5) is 11.4 Å². The Morgan fingerprint density at radius 1 is 0.560 bits per heavy atom. The number of rotatable bonds is 19. The predicted octanol–water partition coefficient (Wildman–Crippen LogP) is 5.61. The van der Waals surface area contributed by atoms with E-state index in [1.165, 1.54) is 22.5 Å². The quantitative estimate of drug-likeness (QED) is 0.116. The number of anilines is 2. The highest BCUT2D eigenvalue weighted by Crippen LogP contribution is 2.20. The maximum atomic E-state index is 5.97. The van der Waals surface area contributed by atoms with E-state index in [2.05, 4.69) is 91.4 Å². The van der Waals surface area contributed by atoms with Crippen molar-refractivity contribution in [3.63, 3.8) is 0 Å². The SMILES string of the molecule is Cc1ccc(N2CCN(CCOCCCc3cc(CCc4ccc(N5CCN(CCCOCCc6cc(C)on6)CC5)cc4)on3)CC2)cc1. The van der Waals surface area contributed by atoms with E-state index in [1.807, 2.05) is 13.0 Å². The number of ether oxygens (including phenoxy) is 2. The van der Waals surface area contributed by atoms with Crippen molar-refractivity contribution in [3.05, 3.63) is 94.7 Å². The Kier molecular flexibility index (Phi) is 13.8. The molecule has 2 saturated heterocycles. The van der Waals surface area contributed by atoms with Gasteiger partial charge in [0.15, 0.2) is 0 Å². The van der Waals surface area contributed by atoms with Gasteiger partial charge in [0, 0.05) is 115 Å².